The van der Waals surface area contributed by atoms with Crippen molar-refractivity contribution in [2.24, 2.45) is 0 Å². The Labute approximate surface area is 172 Å². The largest absolute Gasteiger partial charge is 0.493 e. The summed E-state index contributed by atoms with van der Waals surface area (Å²) in [5.74, 6) is 0.818. The van der Waals surface area contributed by atoms with Gasteiger partial charge in [-0.15, -0.1) is 0 Å². The Hall–Kier alpha value is -1.38. The minimum Gasteiger partial charge on any atom is -0.493 e. The first kappa shape index (κ1) is 21.9. The van der Waals surface area contributed by atoms with Crippen molar-refractivity contribution in [1.29, 1.82) is 0 Å². The standard InChI is InChI=1S/C19H23BrClFN2O3/c1-26-18-5-4-16(20)15(11-24-7-6-23-8-9-25)19(18)27-12-13-2-3-14(22)10-17(13)21/h2-5,10,23-25H,6-9,11-12H2,1H3. The summed E-state index contributed by atoms with van der Waals surface area (Å²) in [6, 6.07) is 7.94. The van der Waals surface area contributed by atoms with Gasteiger partial charge in [-0.1, -0.05) is 33.6 Å². The average molecular weight is 462 g/mol. The van der Waals surface area contributed by atoms with Crippen LogP contribution < -0.4 is 20.1 Å². The Morgan fingerprint density at radius 3 is 2.63 bits per heavy atom. The highest BCUT2D eigenvalue weighted by atomic mass is 79.9. The van der Waals surface area contributed by atoms with Crippen molar-refractivity contribution in [2.75, 3.05) is 33.4 Å². The fourth-order valence-corrected chi connectivity index (χ4v) is 3.12. The lowest BCUT2D eigenvalue weighted by Crippen LogP contribution is -2.29. The number of ether oxygens (including phenoxy) is 2. The molecule has 0 radical (unpaired) electrons. The minimum absolute atomic E-state index is 0.116. The van der Waals surface area contributed by atoms with Crippen LogP contribution in [-0.2, 0) is 13.2 Å². The number of benzene rings is 2. The Balaban J connectivity index is 2.09. The SMILES string of the molecule is COc1ccc(Br)c(CNCCNCCO)c1OCc1ccc(F)cc1Cl. The number of hydrogen-bond donors (Lipinski definition) is 3. The van der Waals surface area contributed by atoms with Gasteiger partial charge in [-0.25, -0.2) is 4.39 Å². The molecule has 0 aliphatic rings. The van der Waals surface area contributed by atoms with Crippen LogP contribution in [0.2, 0.25) is 5.02 Å². The molecule has 0 aromatic heterocycles. The topological polar surface area (TPSA) is 62.8 Å². The highest BCUT2D eigenvalue weighted by Crippen LogP contribution is 2.37. The molecule has 0 heterocycles. The summed E-state index contributed by atoms with van der Waals surface area (Å²) in [4.78, 5) is 0. The zero-order valence-corrected chi connectivity index (χ0v) is 17.4. The molecule has 2 aromatic rings. The predicted molar refractivity (Wildman–Crippen MR) is 108 cm³/mol. The summed E-state index contributed by atoms with van der Waals surface area (Å²) in [5, 5.41) is 15.5. The Morgan fingerprint density at radius 2 is 1.93 bits per heavy atom. The smallest absolute Gasteiger partial charge is 0.167 e. The van der Waals surface area contributed by atoms with Crippen LogP contribution in [0.4, 0.5) is 4.39 Å². The van der Waals surface area contributed by atoms with Crippen molar-refractivity contribution in [2.45, 2.75) is 13.2 Å². The fraction of sp³-hybridized carbons (Fsp3) is 0.368. The summed E-state index contributed by atoms with van der Waals surface area (Å²) >= 11 is 9.64. The molecule has 0 fully saturated rings. The van der Waals surface area contributed by atoms with E-state index in [1.54, 1.807) is 13.2 Å². The van der Waals surface area contributed by atoms with Gasteiger partial charge in [0.2, 0.25) is 0 Å². The molecule has 27 heavy (non-hydrogen) atoms. The highest BCUT2D eigenvalue weighted by Gasteiger charge is 2.15. The van der Waals surface area contributed by atoms with Gasteiger partial charge >= 0.3 is 0 Å². The Morgan fingerprint density at radius 1 is 1.15 bits per heavy atom. The first-order valence-corrected chi connectivity index (χ1v) is 9.68. The Bertz CT molecular complexity index is 749. The number of aliphatic hydroxyl groups excluding tert-OH is 1. The second-order valence-corrected chi connectivity index (χ2v) is 6.99. The van der Waals surface area contributed by atoms with Crippen molar-refractivity contribution in [3.8, 4) is 11.5 Å². The number of hydrogen-bond acceptors (Lipinski definition) is 5. The zero-order valence-electron chi connectivity index (χ0n) is 15.0. The zero-order chi connectivity index (χ0) is 19.6. The molecule has 3 N–H and O–H groups in total. The maximum Gasteiger partial charge on any atom is 0.167 e. The lowest BCUT2D eigenvalue weighted by Gasteiger charge is -2.17. The third-order valence-electron chi connectivity index (χ3n) is 3.84. The van der Waals surface area contributed by atoms with Gasteiger partial charge in [0.05, 0.1) is 18.7 Å². The van der Waals surface area contributed by atoms with E-state index in [1.807, 2.05) is 12.1 Å². The second-order valence-electron chi connectivity index (χ2n) is 5.73. The average Bonchev–Trinajstić information content (AvgIpc) is 2.65. The van der Waals surface area contributed by atoms with Crippen LogP contribution in [0.1, 0.15) is 11.1 Å². The summed E-state index contributed by atoms with van der Waals surface area (Å²) in [6.07, 6.45) is 0. The molecule has 8 heteroatoms. The number of nitrogens with one attached hydrogen (secondary N) is 2. The summed E-state index contributed by atoms with van der Waals surface area (Å²) in [5.41, 5.74) is 1.60. The van der Waals surface area contributed by atoms with Crippen LogP contribution in [0.25, 0.3) is 0 Å². The summed E-state index contributed by atoms with van der Waals surface area (Å²) < 4.78 is 25.5. The third kappa shape index (κ3) is 6.62. The van der Waals surface area contributed by atoms with E-state index < -0.39 is 0 Å². The number of methoxy groups -OCH3 is 1. The number of halogens is 3. The molecule has 0 spiro atoms. The molecule has 5 nitrogen and oxygen atoms in total. The van der Waals surface area contributed by atoms with Gasteiger partial charge in [-0.3, -0.25) is 0 Å². The predicted octanol–water partition coefficient (Wildman–Crippen LogP) is 3.50. The third-order valence-corrected chi connectivity index (χ3v) is 4.94. The molecule has 0 atom stereocenters. The van der Waals surface area contributed by atoms with E-state index in [1.165, 1.54) is 12.1 Å². The van der Waals surface area contributed by atoms with Gasteiger partial charge in [0.15, 0.2) is 11.5 Å². The minimum atomic E-state index is -0.386. The molecule has 0 saturated heterocycles. The van der Waals surface area contributed by atoms with Crippen LogP contribution >= 0.6 is 27.5 Å². The van der Waals surface area contributed by atoms with Crippen LogP contribution in [0, 0.1) is 5.82 Å². The molecule has 0 aliphatic carbocycles. The van der Waals surface area contributed by atoms with Crippen molar-refractivity contribution < 1.29 is 19.0 Å². The maximum absolute atomic E-state index is 13.2. The van der Waals surface area contributed by atoms with E-state index in [0.717, 1.165) is 23.1 Å². The lowest BCUT2D eigenvalue weighted by atomic mass is 10.1. The van der Waals surface area contributed by atoms with Gasteiger partial charge in [-0.2, -0.15) is 0 Å². The molecule has 0 unspecified atom stereocenters. The van der Waals surface area contributed by atoms with Gasteiger partial charge in [0, 0.05) is 41.8 Å². The van der Waals surface area contributed by atoms with Gasteiger partial charge < -0.3 is 25.2 Å². The van der Waals surface area contributed by atoms with Crippen molar-refractivity contribution in [3.63, 3.8) is 0 Å². The van der Waals surface area contributed by atoms with E-state index in [0.29, 0.717) is 35.2 Å². The lowest BCUT2D eigenvalue weighted by molar-refractivity contribution is 0.280. The van der Waals surface area contributed by atoms with Gasteiger partial charge in [-0.05, 0) is 24.3 Å². The van der Waals surface area contributed by atoms with E-state index in [2.05, 4.69) is 26.6 Å². The van der Waals surface area contributed by atoms with Gasteiger partial charge in [0.25, 0.3) is 0 Å². The summed E-state index contributed by atoms with van der Waals surface area (Å²) in [6.45, 7) is 2.90. The van der Waals surface area contributed by atoms with E-state index in [4.69, 9.17) is 26.2 Å². The van der Waals surface area contributed by atoms with Crippen molar-refractivity contribution >= 4 is 27.5 Å². The molecule has 2 rings (SSSR count). The Kier molecular flexibility index (Phi) is 9.30. The van der Waals surface area contributed by atoms with Crippen LogP contribution in [0.3, 0.4) is 0 Å². The molecule has 0 saturated carbocycles. The van der Waals surface area contributed by atoms with Crippen LogP contribution in [0.5, 0.6) is 11.5 Å². The first-order chi connectivity index (χ1) is 13.1. The molecule has 0 bridgehead atoms. The normalized spacial score (nSPS) is 10.9. The van der Waals surface area contributed by atoms with Crippen molar-refractivity contribution in [1.82, 2.24) is 10.6 Å². The van der Waals surface area contributed by atoms with E-state index in [9.17, 15) is 4.39 Å². The van der Waals surface area contributed by atoms with E-state index in [-0.39, 0.29) is 19.0 Å². The van der Waals surface area contributed by atoms with E-state index >= 15 is 0 Å². The number of rotatable bonds is 11. The summed E-state index contributed by atoms with van der Waals surface area (Å²) in [7, 11) is 1.58. The highest BCUT2D eigenvalue weighted by molar-refractivity contribution is 9.10. The molecular weight excluding hydrogens is 439 g/mol. The van der Waals surface area contributed by atoms with Crippen LogP contribution in [-0.4, -0.2) is 38.5 Å². The first-order valence-electron chi connectivity index (χ1n) is 8.51. The molecule has 0 amide bonds. The van der Waals surface area contributed by atoms with Crippen molar-refractivity contribution in [3.05, 3.63) is 56.8 Å². The molecule has 2 aromatic carbocycles. The maximum atomic E-state index is 13.2. The number of aliphatic hydroxyl groups is 1. The molecule has 148 valence electrons. The van der Waals surface area contributed by atoms with Gasteiger partial charge in [0.1, 0.15) is 12.4 Å². The van der Waals surface area contributed by atoms with Crippen LogP contribution in [0.15, 0.2) is 34.8 Å². The molecular formula is C19H23BrClFN2O3. The fourth-order valence-electron chi connectivity index (χ4n) is 2.45. The second kappa shape index (κ2) is 11.5. The quantitative estimate of drug-likeness (QED) is 0.447. The molecule has 0 aliphatic heterocycles. The monoisotopic (exact) mass is 460 g/mol.